The molecule has 0 aromatic rings. The SMILES string of the molecule is CC(CCN1CCNCC12CCNCC2)CC(C)(C)C. The van der Waals surface area contributed by atoms with Gasteiger partial charge in [-0.25, -0.2) is 0 Å². The molecule has 2 N–H and O–H groups in total. The van der Waals surface area contributed by atoms with Crippen LogP contribution in [-0.2, 0) is 0 Å². The van der Waals surface area contributed by atoms with E-state index in [-0.39, 0.29) is 0 Å². The van der Waals surface area contributed by atoms with Crippen LogP contribution in [0.15, 0.2) is 0 Å². The lowest BCUT2D eigenvalue weighted by Gasteiger charge is -2.50. The van der Waals surface area contributed by atoms with Crippen LogP contribution in [-0.4, -0.2) is 49.7 Å². The number of piperidine rings is 1. The molecule has 2 heterocycles. The molecule has 1 atom stereocenters. The fourth-order valence-electron chi connectivity index (χ4n) is 4.14. The van der Waals surface area contributed by atoms with Gasteiger partial charge in [-0.2, -0.15) is 0 Å². The highest BCUT2D eigenvalue weighted by Crippen LogP contribution is 2.30. The van der Waals surface area contributed by atoms with Crippen molar-refractivity contribution in [2.75, 3.05) is 39.3 Å². The van der Waals surface area contributed by atoms with E-state index >= 15 is 0 Å². The minimum Gasteiger partial charge on any atom is -0.317 e. The van der Waals surface area contributed by atoms with Gasteiger partial charge in [0.15, 0.2) is 0 Å². The van der Waals surface area contributed by atoms with E-state index in [9.17, 15) is 0 Å². The first-order valence-corrected chi connectivity index (χ1v) is 8.58. The second-order valence-corrected chi connectivity index (χ2v) is 8.30. The van der Waals surface area contributed by atoms with Crippen molar-refractivity contribution in [1.82, 2.24) is 15.5 Å². The van der Waals surface area contributed by atoms with Crippen LogP contribution in [0, 0.1) is 11.3 Å². The van der Waals surface area contributed by atoms with Crippen molar-refractivity contribution in [2.45, 2.75) is 58.9 Å². The molecule has 0 bridgehead atoms. The second kappa shape index (κ2) is 6.76. The van der Waals surface area contributed by atoms with Gasteiger partial charge in [0, 0.05) is 25.2 Å². The summed E-state index contributed by atoms with van der Waals surface area (Å²) in [5.41, 5.74) is 0.917. The van der Waals surface area contributed by atoms with Crippen molar-refractivity contribution in [3.05, 3.63) is 0 Å². The Morgan fingerprint density at radius 1 is 1.10 bits per heavy atom. The first kappa shape index (κ1) is 16.3. The summed E-state index contributed by atoms with van der Waals surface area (Å²) >= 11 is 0. The van der Waals surface area contributed by atoms with Crippen LogP contribution in [0.5, 0.6) is 0 Å². The molecular weight excluding hydrogens is 246 g/mol. The molecule has 2 aliphatic rings. The minimum absolute atomic E-state index is 0.449. The predicted octanol–water partition coefficient (Wildman–Crippen LogP) is 2.48. The van der Waals surface area contributed by atoms with E-state index in [0.29, 0.717) is 11.0 Å². The lowest BCUT2D eigenvalue weighted by molar-refractivity contribution is 0.0279. The van der Waals surface area contributed by atoms with Crippen LogP contribution in [0.25, 0.3) is 0 Å². The zero-order chi connectivity index (χ0) is 14.6. The van der Waals surface area contributed by atoms with Crippen molar-refractivity contribution >= 4 is 0 Å². The molecule has 2 rings (SSSR count). The van der Waals surface area contributed by atoms with E-state index in [1.165, 1.54) is 65.0 Å². The van der Waals surface area contributed by atoms with E-state index in [1.54, 1.807) is 0 Å². The Labute approximate surface area is 125 Å². The fourth-order valence-corrected chi connectivity index (χ4v) is 4.14. The topological polar surface area (TPSA) is 27.3 Å². The van der Waals surface area contributed by atoms with Crippen molar-refractivity contribution in [1.29, 1.82) is 0 Å². The molecule has 1 unspecified atom stereocenters. The number of piperazine rings is 1. The Kier molecular flexibility index (Phi) is 5.49. The lowest BCUT2D eigenvalue weighted by atomic mass is 9.82. The third-order valence-corrected chi connectivity index (χ3v) is 5.07. The summed E-state index contributed by atoms with van der Waals surface area (Å²) in [6.45, 7) is 16.8. The smallest absolute Gasteiger partial charge is 0.0358 e. The number of rotatable bonds is 4. The molecule has 20 heavy (non-hydrogen) atoms. The van der Waals surface area contributed by atoms with Gasteiger partial charge in [0.1, 0.15) is 0 Å². The Morgan fingerprint density at radius 3 is 2.45 bits per heavy atom. The molecule has 3 heteroatoms. The van der Waals surface area contributed by atoms with E-state index in [0.717, 1.165) is 5.92 Å². The Morgan fingerprint density at radius 2 is 1.80 bits per heavy atom. The molecule has 2 fully saturated rings. The summed E-state index contributed by atoms with van der Waals surface area (Å²) in [6.07, 6.45) is 5.32. The number of nitrogens with zero attached hydrogens (tertiary/aromatic N) is 1. The highest BCUT2D eigenvalue weighted by atomic mass is 15.3. The van der Waals surface area contributed by atoms with Crippen LogP contribution in [0.2, 0.25) is 0 Å². The van der Waals surface area contributed by atoms with Crippen molar-refractivity contribution in [3.63, 3.8) is 0 Å². The Balaban J connectivity index is 1.86. The third kappa shape index (κ3) is 4.44. The van der Waals surface area contributed by atoms with E-state index in [1.807, 2.05) is 0 Å². The summed E-state index contributed by atoms with van der Waals surface area (Å²) in [4.78, 5) is 2.81. The molecule has 2 saturated heterocycles. The van der Waals surface area contributed by atoms with Crippen LogP contribution >= 0.6 is 0 Å². The van der Waals surface area contributed by atoms with Crippen LogP contribution in [0.4, 0.5) is 0 Å². The molecule has 1 spiro atoms. The maximum Gasteiger partial charge on any atom is 0.0358 e. The zero-order valence-corrected chi connectivity index (χ0v) is 14.1. The van der Waals surface area contributed by atoms with Gasteiger partial charge in [0.05, 0.1) is 0 Å². The average Bonchev–Trinajstić information content (AvgIpc) is 2.37. The van der Waals surface area contributed by atoms with Crippen molar-refractivity contribution in [2.24, 2.45) is 11.3 Å². The molecule has 2 aliphatic heterocycles. The maximum absolute atomic E-state index is 3.63. The first-order valence-electron chi connectivity index (χ1n) is 8.58. The summed E-state index contributed by atoms with van der Waals surface area (Å²) in [5, 5.41) is 7.15. The fraction of sp³-hybridized carbons (Fsp3) is 1.00. The molecule has 0 aliphatic carbocycles. The Bertz CT molecular complexity index is 281. The Hall–Kier alpha value is -0.120. The van der Waals surface area contributed by atoms with Crippen LogP contribution < -0.4 is 10.6 Å². The van der Waals surface area contributed by atoms with Gasteiger partial charge in [0.2, 0.25) is 0 Å². The molecule has 0 saturated carbocycles. The zero-order valence-electron chi connectivity index (χ0n) is 14.1. The molecule has 0 amide bonds. The van der Waals surface area contributed by atoms with E-state index in [4.69, 9.17) is 0 Å². The van der Waals surface area contributed by atoms with Gasteiger partial charge in [-0.05, 0) is 56.7 Å². The second-order valence-electron chi connectivity index (χ2n) is 8.30. The van der Waals surface area contributed by atoms with Gasteiger partial charge in [-0.1, -0.05) is 27.7 Å². The van der Waals surface area contributed by atoms with Gasteiger partial charge in [-0.3, -0.25) is 4.90 Å². The quantitative estimate of drug-likeness (QED) is 0.829. The molecular formula is C17H35N3. The van der Waals surface area contributed by atoms with Crippen molar-refractivity contribution in [3.8, 4) is 0 Å². The van der Waals surface area contributed by atoms with Crippen molar-refractivity contribution < 1.29 is 0 Å². The van der Waals surface area contributed by atoms with Gasteiger partial charge in [0.25, 0.3) is 0 Å². The number of hydrogen-bond acceptors (Lipinski definition) is 3. The molecule has 118 valence electrons. The summed E-state index contributed by atoms with van der Waals surface area (Å²) < 4.78 is 0. The summed E-state index contributed by atoms with van der Waals surface area (Å²) in [5.74, 6) is 0.837. The standard InChI is InChI=1S/C17H35N3/c1-15(13-16(2,3)4)5-11-20-12-10-19-14-17(20)6-8-18-9-7-17/h15,18-19H,5-14H2,1-4H3. The van der Waals surface area contributed by atoms with Gasteiger partial charge >= 0.3 is 0 Å². The monoisotopic (exact) mass is 281 g/mol. The number of nitrogens with one attached hydrogen (secondary N) is 2. The maximum atomic E-state index is 3.63. The highest BCUT2D eigenvalue weighted by Gasteiger charge is 2.39. The van der Waals surface area contributed by atoms with Crippen LogP contribution in [0.1, 0.15) is 53.4 Å². The van der Waals surface area contributed by atoms with E-state index in [2.05, 4.69) is 43.2 Å². The van der Waals surface area contributed by atoms with Gasteiger partial charge < -0.3 is 10.6 Å². The minimum atomic E-state index is 0.449. The van der Waals surface area contributed by atoms with E-state index < -0.39 is 0 Å². The third-order valence-electron chi connectivity index (χ3n) is 5.07. The lowest BCUT2D eigenvalue weighted by Crippen LogP contribution is -2.64. The molecule has 0 aromatic heterocycles. The highest BCUT2D eigenvalue weighted by molar-refractivity contribution is 4.99. The predicted molar refractivity (Wildman–Crippen MR) is 87.1 cm³/mol. The summed E-state index contributed by atoms with van der Waals surface area (Å²) in [6, 6.07) is 0. The molecule has 3 nitrogen and oxygen atoms in total. The number of hydrogen-bond donors (Lipinski definition) is 2. The normalized spacial score (nSPS) is 25.8. The summed E-state index contributed by atoms with van der Waals surface area (Å²) in [7, 11) is 0. The van der Waals surface area contributed by atoms with Crippen LogP contribution in [0.3, 0.4) is 0 Å². The average molecular weight is 281 g/mol. The van der Waals surface area contributed by atoms with Gasteiger partial charge in [-0.15, -0.1) is 0 Å². The molecule has 0 aromatic carbocycles. The largest absolute Gasteiger partial charge is 0.317 e. The first-order chi connectivity index (χ1) is 9.41. The molecule has 0 radical (unpaired) electrons.